The van der Waals surface area contributed by atoms with E-state index in [1.807, 2.05) is 0 Å². The van der Waals surface area contributed by atoms with E-state index < -0.39 is 12.9 Å². The van der Waals surface area contributed by atoms with Gasteiger partial charge in [-0.2, -0.15) is 0 Å². The van der Waals surface area contributed by atoms with Crippen LogP contribution >= 0.6 is 0 Å². The van der Waals surface area contributed by atoms with Crippen LogP contribution in [0.2, 0.25) is 0 Å². The van der Waals surface area contributed by atoms with Crippen molar-refractivity contribution >= 4 is 12.6 Å². The molecule has 0 atom stereocenters. The Morgan fingerprint density at radius 1 is 1.54 bits per heavy atom. The standard InChI is InChI=1S/C8H8BFO3/c10-7-2-1-5(3-11)6-4-13-9(12)8(6)7/h1-2,11-12H,3-4H2. The molecule has 1 aromatic carbocycles. The average molecular weight is 182 g/mol. The summed E-state index contributed by atoms with van der Waals surface area (Å²) in [6, 6.07) is 2.72. The third kappa shape index (κ3) is 1.25. The number of aliphatic hydroxyl groups excluding tert-OH is 1. The van der Waals surface area contributed by atoms with Crippen molar-refractivity contribution in [3.05, 3.63) is 29.1 Å². The molecule has 0 saturated heterocycles. The molecule has 0 aliphatic carbocycles. The molecule has 2 rings (SSSR count). The van der Waals surface area contributed by atoms with Gasteiger partial charge in [-0.25, -0.2) is 4.39 Å². The minimum atomic E-state index is -1.19. The fourth-order valence-corrected chi connectivity index (χ4v) is 1.51. The van der Waals surface area contributed by atoms with Crippen molar-refractivity contribution in [3.63, 3.8) is 0 Å². The quantitative estimate of drug-likeness (QED) is 0.577. The maximum atomic E-state index is 13.1. The highest BCUT2D eigenvalue weighted by Gasteiger charge is 2.32. The highest BCUT2D eigenvalue weighted by Crippen LogP contribution is 2.16. The lowest BCUT2D eigenvalue weighted by molar-refractivity contribution is 0.262. The van der Waals surface area contributed by atoms with Gasteiger partial charge in [0.15, 0.2) is 0 Å². The van der Waals surface area contributed by atoms with Crippen molar-refractivity contribution in [2.45, 2.75) is 13.2 Å². The maximum absolute atomic E-state index is 13.1. The van der Waals surface area contributed by atoms with Gasteiger partial charge >= 0.3 is 7.12 Å². The molecule has 1 aliphatic rings. The van der Waals surface area contributed by atoms with Crippen molar-refractivity contribution in [1.29, 1.82) is 0 Å². The van der Waals surface area contributed by atoms with E-state index in [1.165, 1.54) is 12.1 Å². The lowest BCUT2D eigenvalue weighted by Crippen LogP contribution is -2.31. The van der Waals surface area contributed by atoms with E-state index in [-0.39, 0.29) is 18.7 Å². The monoisotopic (exact) mass is 182 g/mol. The van der Waals surface area contributed by atoms with E-state index >= 15 is 0 Å². The Kier molecular flexibility index (Phi) is 2.07. The zero-order chi connectivity index (χ0) is 9.42. The first-order valence-electron chi connectivity index (χ1n) is 3.94. The molecular formula is C8H8BFO3. The molecule has 0 amide bonds. The van der Waals surface area contributed by atoms with Gasteiger partial charge < -0.3 is 14.8 Å². The van der Waals surface area contributed by atoms with Crippen LogP contribution in [-0.4, -0.2) is 17.2 Å². The Morgan fingerprint density at radius 2 is 2.31 bits per heavy atom. The van der Waals surface area contributed by atoms with Crippen LogP contribution in [0.4, 0.5) is 4.39 Å². The third-order valence-electron chi connectivity index (χ3n) is 2.20. The zero-order valence-electron chi connectivity index (χ0n) is 6.83. The Balaban J connectivity index is 2.59. The maximum Gasteiger partial charge on any atom is 0.494 e. The number of hydrogen-bond donors (Lipinski definition) is 2. The number of benzene rings is 1. The third-order valence-corrected chi connectivity index (χ3v) is 2.20. The molecular weight excluding hydrogens is 174 g/mol. The highest BCUT2D eigenvalue weighted by molar-refractivity contribution is 6.61. The van der Waals surface area contributed by atoms with Crippen molar-refractivity contribution in [3.8, 4) is 0 Å². The lowest BCUT2D eigenvalue weighted by Gasteiger charge is -2.04. The summed E-state index contributed by atoms with van der Waals surface area (Å²) in [6.07, 6.45) is 0. The van der Waals surface area contributed by atoms with Gasteiger partial charge in [0.05, 0.1) is 13.2 Å². The Bertz CT molecular complexity index is 342. The molecule has 0 unspecified atom stereocenters. The predicted octanol–water partition coefficient (Wildman–Crippen LogP) is -0.464. The van der Waals surface area contributed by atoms with Gasteiger partial charge in [-0.1, -0.05) is 6.07 Å². The lowest BCUT2D eigenvalue weighted by atomic mass is 9.78. The predicted molar refractivity (Wildman–Crippen MR) is 44.7 cm³/mol. The van der Waals surface area contributed by atoms with Crippen LogP contribution in [0.5, 0.6) is 0 Å². The first-order valence-corrected chi connectivity index (χ1v) is 3.94. The summed E-state index contributed by atoms with van der Waals surface area (Å²) < 4.78 is 18.0. The largest absolute Gasteiger partial charge is 0.494 e. The van der Waals surface area contributed by atoms with Gasteiger partial charge in [-0.3, -0.25) is 0 Å². The minimum Gasteiger partial charge on any atom is -0.423 e. The first-order chi connectivity index (χ1) is 6.24. The van der Waals surface area contributed by atoms with Crippen LogP contribution in [0, 0.1) is 5.82 Å². The molecule has 0 aromatic heterocycles. The molecule has 0 fully saturated rings. The molecule has 0 radical (unpaired) electrons. The van der Waals surface area contributed by atoms with E-state index in [2.05, 4.69) is 0 Å². The van der Waals surface area contributed by atoms with Gasteiger partial charge in [0.1, 0.15) is 5.82 Å². The van der Waals surface area contributed by atoms with E-state index in [1.54, 1.807) is 0 Å². The van der Waals surface area contributed by atoms with Gasteiger partial charge in [0, 0.05) is 5.46 Å². The van der Waals surface area contributed by atoms with Gasteiger partial charge in [-0.15, -0.1) is 0 Å². The molecule has 1 aliphatic heterocycles. The summed E-state index contributed by atoms with van der Waals surface area (Å²) in [5.74, 6) is -0.489. The summed E-state index contributed by atoms with van der Waals surface area (Å²) in [6.45, 7) is -0.0111. The zero-order valence-corrected chi connectivity index (χ0v) is 6.83. The molecule has 13 heavy (non-hydrogen) atoms. The summed E-state index contributed by atoms with van der Waals surface area (Å²) in [5.41, 5.74) is 1.33. The topological polar surface area (TPSA) is 49.7 Å². The van der Waals surface area contributed by atoms with Gasteiger partial charge in [0.2, 0.25) is 0 Å². The molecule has 1 aromatic rings. The number of fused-ring (bicyclic) bond motifs is 1. The minimum absolute atomic E-state index is 0.157. The molecule has 0 spiro atoms. The van der Waals surface area contributed by atoms with Crippen LogP contribution in [0.3, 0.4) is 0 Å². The van der Waals surface area contributed by atoms with Crippen molar-refractivity contribution in [2.24, 2.45) is 0 Å². The number of rotatable bonds is 1. The Labute approximate surface area is 74.9 Å². The van der Waals surface area contributed by atoms with Crippen LogP contribution in [0.1, 0.15) is 11.1 Å². The fourth-order valence-electron chi connectivity index (χ4n) is 1.51. The van der Waals surface area contributed by atoms with E-state index in [4.69, 9.17) is 9.76 Å². The van der Waals surface area contributed by atoms with Crippen molar-refractivity contribution < 1.29 is 19.2 Å². The van der Waals surface area contributed by atoms with Gasteiger partial charge in [0.25, 0.3) is 0 Å². The second kappa shape index (κ2) is 3.10. The fraction of sp³-hybridized carbons (Fsp3) is 0.250. The average Bonchev–Trinajstić information content (AvgIpc) is 2.50. The summed E-state index contributed by atoms with van der Waals surface area (Å²) >= 11 is 0. The SMILES string of the molecule is OCc1ccc(F)c2c1COB2O. The van der Waals surface area contributed by atoms with Crippen molar-refractivity contribution in [2.75, 3.05) is 0 Å². The molecule has 0 saturated carbocycles. The Morgan fingerprint density at radius 3 is 3.00 bits per heavy atom. The van der Waals surface area contributed by atoms with Crippen LogP contribution < -0.4 is 5.46 Å². The van der Waals surface area contributed by atoms with Crippen molar-refractivity contribution in [1.82, 2.24) is 0 Å². The second-order valence-corrected chi connectivity index (χ2v) is 2.92. The normalized spacial score (nSPS) is 14.8. The van der Waals surface area contributed by atoms with Crippen LogP contribution in [0.25, 0.3) is 0 Å². The molecule has 2 N–H and O–H groups in total. The second-order valence-electron chi connectivity index (χ2n) is 2.92. The van der Waals surface area contributed by atoms with Crippen LogP contribution in [-0.2, 0) is 17.9 Å². The molecule has 68 valence electrons. The summed E-state index contributed by atoms with van der Waals surface area (Å²) in [4.78, 5) is 0. The van der Waals surface area contributed by atoms with E-state index in [0.717, 1.165) is 0 Å². The molecule has 3 nitrogen and oxygen atoms in total. The highest BCUT2D eigenvalue weighted by atomic mass is 19.1. The van der Waals surface area contributed by atoms with Gasteiger partial charge in [-0.05, 0) is 17.2 Å². The van der Waals surface area contributed by atoms with E-state index in [9.17, 15) is 9.41 Å². The molecule has 5 heteroatoms. The number of hydrogen-bond acceptors (Lipinski definition) is 3. The smallest absolute Gasteiger partial charge is 0.423 e. The van der Waals surface area contributed by atoms with E-state index in [0.29, 0.717) is 11.1 Å². The first kappa shape index (κ1) is 8.68. The number of aliphatic hydroxyl groups is 1. The summed E-state index contributed by atoms with van der Waals surface area (Å²) in [7, 11) is -1.19. The Hall–Kier alpha value is -0.905. The number of halogens is 1. The molecule has 1 heterocycles. The molecule has 0 bridgehead atoms. The summed E-state index contributed by atoms with van der Waals surface area (Å²) in [5, 5.41) is 18.2. The van der Waals surface area contributed by atoms with Crippen LogP contribution in [0.15, 0.2) is 12.1 Å².